The minimum absolute atomic E-state index is 0.0527. The highest BCUT2D eigenvalue weighted by Crippen LogP contribution is 2.26. The fraction of sp³-hybridized carbons (Fsp3) is 0.500. The Morgan fingerprint density at radius 1 is 1.42 bits per heavy atom. The quantitative estimate of drug-likeness (QED) is 0.815. The van der Waals surface area contributed by atoms with E-state index in [4.69, 9.17) is 9.26 Å². The van der Waals surface area contributed by atoms with E-state index in [1.165, 1.54) is 0 Å². The Hall–Kier alpha value is -2.37. The highest BCUT2D eigenvalue weighted by molar-refractivity contribution is 5.97. The number of likely N-dealkylation sites (tertiary alicyclic amines) is 1. The molecule has 1 saturated heterocycles. The zero-order valence-corrected chi connectivity index (χ0v) is 14.2. The molecular weight excluding hydrogens is 306 g/mol. The van der Waals surface area contributed by atoms with E-state index in [-0.39, 0.29) is 5.91 Å². The molecule has 1 atom stereocenters. The predicted octanol–water partition coefficient (Wildman–Crippen LogP) is 2.87. The zero-order valence-electron chi connectivity index (χ0n) is 14.2. The van der Waals surface area contributed by atoms with Crippen LogP contribution in [0, 0.1) is 12.8 Å². The Labute approximate surface area is 141 Å². The highest BCUT2D eigenvalue weighted by Gasteiger charge is 2.28. The van der Waals surface area contributed by atoms with Crippen molar-refractivity contribution in [3.8, 4) is 5.75 Å². The van der Waals surface area contributed by atoms with Gasteiger partial charge in [-0.05, 0) is 37.8 Å². The molecule has 1 aliphatic rings. The van der Waals surface area contributed by atoms with Gasteiger partial charge in [0, 0.05) is 26.4 Å². The number of nitrogens with zero attached hydrogens (tertiary/aromatic N) is 3. The third kappa shape index (κ3) is 3.75. The summed E-state index contributed by atoms with van der Waals surface area (Å²) in [6.45, 7) is 5.83. The van der Waals surface area contributed by atoms with Crippen LogP contribution >= 0.6 is 0 Å². The number of carbonyl (C=O) groups excluding carboxylic acids is 1. The third-order valence-electron chi connectivity index (χ3n) is 4.34. The number of carbonyl (C=O) groups is 1. The molecule has 1 fully saturated rings. The lowest BCUT2D eigenvalue weighted by Gasteiger charge is -2.18. The van der Waals surface area contributed by atoms with E-state index in [1.54, 1.807) is 6.92 Å². The largest absolute Gasteiger partial charge is 0.493 e. The van der Waals surface area contributed by atoms with Crippen molar-refractivity contribution in [2.24, 2.45) is 5.92 Å². The first-order chi connectivity index (χ1) is 11.7. The minimum Gasteiger partial charge on any atom is -0.493 e. The summed E-state index contributed by atoms with van der Waals surface area (Å²) >= 11 is 0. The molecule has 2 heterocycles. The maximum absolute atomic E-state index is 12.8. The molecule has 1 aromatic carbocycles. The molecule has 24 heavy (non-hydrogen) atoms. The molecule has 0 aliphatic carbocycles. The van der Waals surface area contributed by atoms with Crippen molar-refractivity contribution in [1.29, 1.82) is 0 Å². The lowest BCUT2D eigenvalue weighted by molar-refractivity contribution is 0.0782. The number of ether oxygens (including phenoxy) is 1. The Bertz CT molecular complexity index is 698. The van der Waals surface area contributed by atoms with E-state index in [9.17, 15) is 4.79 Å². The van der Waals surface area contributed by atoms with Crippen molar-refractivity contribution in [1.82, 2.24) is 15.0 Å². The number of benzene rings is 1. The van der Waals surface area contributed by atoms with E-state index >= 15 is 0 Å². The lowest BCUT2D eigenvalue weighted by Crippen LogP contribution is -2.29. The highest BCUT2D eigenvalue weighted by atomic mass is 16.5. The van der Waals surface area contributed by atoms with Gasteiger partial charge >= 0.3 is 0 Å². The van der Waals surface area contributed by atoms with Crippen molar-refractivity contribution in [3.63, 3.8) is 0 Å². The third-order valence-corrected chi connectivity index (χ3v) is 4.34. The van der Waals surface area contributed by atoms with Crippen LogP contribution in [0.5, 0.6) is 5.75 Å². The first-order valence-corrected chi connectivity index (χ1v) is 8.47. The summed E-state index contributed by atoms with van der Waals surface area (Å²) in [5.41, 5.74) is 0.647. The molecule has 0 saturated carbocycles. The second-order valence-electron chi connectivity index (χ2n) is 6.10. The average molecular weight is 329 g/mol. The summed E-state index contributed by atoms with van der Waals surface area (Å²) in [4.78, 5) is 18.9. The van der Waals surface area contributed by atoms with Gasteiger partial charge in [-0.15, -0.1) is 0 Å². The molecule has 6 heteroatoms. The van der Waals surface area contributed by atoms with Crippen molar-refractivity contribution in [2.45, 2.75) is 33.1 Å². The average Bonchev–Trinajstić information content (AvgIpc) is 3.22. The van der Waals surface area contributed by atoms with Gasteiger partial charge in [-0.3, -0.25) is 4.79 Å². The molecule has 128 valence electrons. The smallest absolute Gasteiger partial charge is 0.257 e. The Kier molecular flexibility index (Phi) is 5.13. The standard InChI is InChI=1S/C18H23N3O3/c1-3-23-16-7-5-4-6-15(16)18(22)21-11-10-14(12-21)8-9-17-19-13(2)24-20-17/h4-7,14H,3,8-12H2,1-2H3. The van der Waals surface area contributed by atoms with Crippen molar-refractivity contribution in [3.05, 3.63) is 41.5 Å². The molecule has 6 nitrogen and oxygen atoms in total. The van der Waals surface area contributed by atoms with Gasteiger partial charge in [0.25, 0.3) is 5.91 Å². The van der Waals surface area contributed by atoms with Crippen LogP contribution in [0.2, 0.25) is 0 Å². The van der Waals surface area contributed by atoms with E-state index < -0.39 is 0 Å². The molecular formula is C18H23N3O3. The Balaban J connectivity index is 1.58. The number of hydrogen-bond donors (Lipinski definition) is 0. The maximum atomic E-state index is 12.8. The van der Waals surface area contributed by atoms with Gasteiger partial charge in [0.15, 0.2) is 5.82 Å². The van der Waals surface area contributed by atoms with E-state index in [1.807, 2.05) is 36.1 Å². The number of rotatable bonds is 6. The first-order valence-electron chi connectivity index (χ1n) is 8.47. The molecule has 1 aromatic heterocycles. The van der Waals surface area contributed by atoms with Crippen LogP contribution < -0.4 is 4.74 Å². The van der Waals surface area contributed by atoms with Crippen LogP contribution in [0.1, 0.15) is 41.8 Å². The first kappa shape index (κ1) is 16.5. The molecule has 3 rings (SSSR count). The summed E-state index contributed by atoms with van der Waals surface area (Å²) < 4.78 is 10.6. The normalized spacial score (nSPS) is 17.2. The van der Waals surface area contributed by atoms with Gasteiger partial charge in [0.05, 0.1) is 12.2 Å². The fourth-order valence-corrected chi connectivity index (χ4v) is 3.12. The van der Waals surface area contributed by atoms with Crippen LogP contribution in [0.4, 0.5) is 0 Å². The van der Waals surface area contributed by atoms with Gasteiger partial charge in [0.1, 0.15) is 5.75 Å². The predicted molar refractivity (Wildman–Crippen MR) is 89.0 cm³/mol. The molecule has 0 spiro atoms. The van der Waals surface area contributed by atoms with Crippen molar-refractivity contribution >= 4 is 5.91 Å². The fourth-order valence-electron chi connectivity index (χ4n) is 3.12. The van der Waals surface area contributed by atoms with Crippen molar-refractivity contribution < 1.29 is 14.1 Å². The summed E-state index contributed by atoms with van der Waals surface area (Å²) in [6, 6.07) is 7.45. The van der Waals surface area contributed by atoms with Crippen molar-refractivity contribution in [2.75, 3.05) is 19.7 Å². The SMILES string of the molecule is CCOc1ccccc1C(=O)N1CCC(CCc2noc(C)n2)C1. The summed E-state index contributed by atoms with van der Waals surface area (Å²) in [7, 11) is 0. The second-order valence-corrected chi connectivity index (χ2v) is 6.10. The number of aromatic nitrogens is 2. The van der Waals surface area contributed by atoms with Gasteiger partial charge in [-0.25, -0.2) is 0 Å². The number of para-hydroxylation sites is 1. The Morgan fingerprint density at radius 2 is 2.25 bits per heavy atom. The molecule has 0 bridgehead atoms. The molecule has 1 amide bonds. The van der Waals surface area contributed by atoms with Gasteiger partial charge in [-0.1, -0.05) is 17.3 Å². The maximum Gasteiger partial charge on any atom is 0.257 e. The molecule has 0 radical (unpaired) electrons. The second kappa shape index (κ2) is 7.47. The lowest BCUT2D eigenvalue weighted by atomic mass is 10.0. The van der Waals surface area contributed by atoms with Crippen LogP contribution in [-0.2, 0) is 6.42 Å². The van der Waals surface area contributed by atoms with E-state index in [2.05, 4.69) is 10.1 Å². The van der Waals surface area contributed by atoms with Gasteiger partial charge < -0.3 is 14.2 Å². The van der Waals surface area contributed by atoms with Crippen LogP contribution in [0.15, 0.2) is 28.8 Å². The van der Waals surface area contributed by atoms with Gasteiger partial charge in [0.2, 0.25) is 5.89 Å². The van der Waals surface area contributed by atoms with Gasteiger partial charge in [-0.2, -0.15) is 4.98 Å². The van der Waals surface area contributed by atoms with Crippen LogP contribution in [0.3, 0.4) is 0 Å². The molecule has 1 aliphatic heterocycles. The minimum atomic E-state index is 0.0527. The number of aryl methyl sites for hydroxylation is 2. The molecule has 1 unspecified atom stereocenters. The topological polar surface area (TPSA) is 68.5 Å². The van der Waals surface area contributed by atoms with Crippen LogP contribution in [0.25, 0.3) is 0 Å². The zero-order chi connectivity index (χ0) is 16.9. The molecule has 2 aromatic rings. The van der Waals surface area contributed by atoms with E-state index in [0.29, 0.717) is 29.7 Å². The summed E-state index contributed by atoms with van der Waals surface area (Å²) in [6.07, 6.45) is 2.77. The Morgan fingerprint density at radius 3 is 3.00 bits per heavy atom. The number of amides is 1. The van der Waals surface area contributed by atoms with Crippen LogP contribution in [-0.4, -0.2) is 40.6 Å². The van der Waals surface area contributed by atoms with E-state index in [0.717, 1.165) is 38.2 Å². The number of hydrogen-bond acceptors (Lipinski definition) is 5. The molecule has 0 N–H and O–H groups in total. The summed E-state index contributed by atoms with van der Waals surface area (Å²) in [5.74, 6) is 2.54. The summed E-state index contributed by atoms with van der Waals surface area (Å²) in [5, 5.41) is 3.93. The monoisotopic (exact) mass is 329 g/mol.